The molecule has 2 aliphatic rings. The van der Waals surface area contributed by atoms with Gasteiger partial charge in [0, 0.05) is 31.0 Å². The van der Waals surface area contributed by atoms with Crippen LogP contribution in [0.15, 0.2) is 34.9 Å². The van der Waals surface area contributed by atoms with E-state index in [4.69, 9.17) is 10.3 Å². The number of hydrogen-bond donors (Lipinski definition) is 1. The van der Waals surface area contributed by atoms with Crippen molar-refractivity contribution < 1.29 is 4.52 Å². The van der Waals surface area contributed by atoms with Crippen molar-refractivity contribution in [3.63, 3.8) is 0 Å². The highest BCUT2D eigenvalue weighted by atomic mass is 16.5. The SMILES string of the molecule is N[C@@H]1CN(Cc2noc(C3CC3)n2)C[C@H]1c1ccccc1. The molecule has 0 radical (unpaired) electrons. The molecule has 1 saturated heterocycles. The number of nitrogens with zero attached hydrogens (tertiary/aromatic N) is 3. The van der Waals surface area contributed by atoms with E-state index >= 15 is 0 Å². The summed E-state index contributed by atoms with van der Waals surface area (Å²) >= 11 is 0. The molecule has 1 aliphatic heterocycles. The lowest BCUT2D eigenvalue weighted by Gasteiger charge is -2.14. The van der Waals surface area contributed by atoms with Gasteiger partial charge in [0.15, 0.2) is 5.82 Å². The molecule has 5 heteroatoms. The highest BCUT2D eigenvalue weighted by Gasteiger charge is 2.33. The molecule has 2 heterocycles. The Morgan fingerprint density at radius 1 is 1.19 bits per heavy atom. The number of hydrogen-bond acceptors (Lipinski definition) is 5. The molecule has 5 nitrogen and oxygen atoms in total. The molecule has 0 amide bonds. The molecule has 4 rings (SSSR count). The summed E-state index contributed by atoms with van der Waals surface area (Å²) in [7, 11) is 0. The third kappa shape index (κ3) is 2.71. The van der Waals surface area contributed by atoms with Crippen molar-refractivity contribution in [2.24, 2.45) is 5.73 Å². The predicted octanol–water partition coefficient (Wildman–Crippen LogP) is 1.87. The van der Waals surface area contributed by atoms with E-state index in [1.54, 1.807) is 0 Å². The molecule has 2 aromatic rings. The minimum atomic E-state index is 0.169. The second-order valence-corrected chi connectivity index (χ2v) is 6.20. The summed E-state index contributed by atoms with van der Waals surface area (Å²) in [6.45, 7) is 2.57. The van der Waals surface area contributed by atoms with Crippen molar-refractivity contribution in [1.29, 1.82) is 0 Å². The van der Waals surface area contributed by atoms with E-state index in [-0.39, 0.29) is 6.04 Å². The first kappa shape index (κ1) is 13.0. The van der Waals surface area contributed by atoms with E-state index < -0.39 is 0 Å². The van der Waals surface area contributed by atoms with E-state index in [0.29, 0.717) is 11.8 Å². The van der Waals surface area contributed by atoms with Crippen LogP contribution in [0.2, 0.25) is 0 Å². The average molecular weight is 284 g/mol. The molecule has 2 N–H and O–H groups in total. The zero-order chi connectivity index (χ0) is 14.2. The van der Waals surface area contributed by atoms with Crippen LogP contribution in [-0.2, 0) is 6.54 Å². The van der Waals surface area contributed by atoms with Gasteiger partial charge < -0.3 is 10.3 Å². The van der Waals surface area contributed by atoms with Crippen LogP contribution >= 0.6 is 0 Å². The van der Waals surface area contributed by atoms with Gasteiger partial charge in [-0.05, 0) is 18.4 Å². The fourth-order valence-corrected chi connectivity index (χ4v) is 3.12. The number of rotatable bonds is 4. The van der Waals surface area contributed by atoms with Crippen molar-refractivity contribution in [2.45, 2.75) is 37.3 Å². The summed E-state index contributed by atoms with van der Waals surface area (Å²) in [5.41, 5.74) is 7.63. The Morgan fingerprint density at radius 2 is 2.00 bits per heavy atom. The Morgan fingerprint density at radius 3 is 2.76 bits per heavy atom. The Labute approximate surface area is 124 Å². The molecule has 21 heavy (non-hydrogen) atoms. The van der Waals surface area contributed by atoms with E-state index in [2.05, 4.69) is 39.3 Å². The van der Waals surface area contributed by atoms with Crippen molar-refractivity contribution >= 4 is 0 Å². The van der Waals surface area contributed by atoms with Crippen molar-refractivity contribution in [1.82, 2.24) is 15.0 Å². The minimum Gasteiger partial charge on any atom is -0.339 e. The van der Waals surface area contributed by atoms with Crippen molar-refractivity contribution in [3.05, 3.63) is 47.6 Å². The van der Waals surface area contributed by atoms with Gasteiger partial charge >= 0.3 is 0 Å². The third-order valence-corrected chi connectivity index (χ3v) is 4.44. The van der Waals surface area contributed by atoms with Gasteiger partial charge in [0.05, 0.1) is 6.54 Å². The standard InChI is InChI=1S/C16H20N4O/c17-14-9-20(8-13(14)11-4-2-1-3-5-11)10-15-18-16(21-19-15)12-6-7-12/h1-5,12-14H,6-10,17H2/t13-,14+/m0/s1. The molecule has 0 unspecified atom stereocenters. The maximum absolute atomic E-state index is 6.31. The quantitative estimate of drug-likeness (QED) is 0.928. The van der Waals surface area contributed by atoms with Crippen LogP contribution in [0, 0.1) is 0 Å². The summed E-state index contributed by atoms with van der Waals surface area (Å²) in [6.07, 6.45) is 2.37. The van der Waals surface area contributed by atoms with E-state index in [9.17, 15) is 0 Å². The first-order valence-electron chi connectivity index (χ1n) is 7.65. The number of aromatic nitrogens is 2. The third-order valence-electron chi connectivity index (χ3n) is 4.44. The minimum absolute atomic E-state index is 0.169. The monoisotopic (exact) mass is 284 g/mol. The summed E-state index contributed by atoms with van der Waals surface area (Å²) in [5.74, 6) is 2.51. The molecular weight excluding hydrogens is 264 g/mol. The zero-order valence-corrected chi connectivity index (χ0v) is 12.0. The maximum atomic E-state index is 6.31. The van der Waals surface area contributed by atoms with Gasteiger partial charge in [-0.2, -0.15) is 4.98 Å². The summed E-state index contributed by atoms with van der Waals surface area (Å²) in [4.78, 5) is 6.82. The Hall–Kier alpha value is -1.72. The lowest BCUT2D eigenvalue weighted by molar-refractivity contribution is 0.303. The first-order valence-corrected chi connectivity index (χ1v) is 7.65. The molecule has 2 fully saturated rings. The maximum Gasteiger partial charge on any atom is 0.229 e. The fourth-order valence-electron chi connectivity index (χ4n) is 3.12. The van der Waals surface area contributed by atoms with Crippen molar-refractivity contribution in [3.8, 4) is 0 Å². The zero-order valence-electron chi connectivity index (χ0n) is 12.0. The second-order valence-electron chi connectivity index (χ2n) is 6.20. The van der Waals surface area contributed by atoms with Crippen LogP contribution in [0.5, 0.6) is 0 Å². The van der Waals surface area contributed by atoms with E-state index in [1.165, 1.54) is 18.4 Å². The molecular formula is C16H20N4O. The van der Waals surface area contributed by atoms with Gasteiger partial charge in [-0.1, -0.05) is 35.5 Å². The smallest absolute Gasteiger partial charge is 0.229 e. The van der Waals surface area contributed by atoms with Gasteiger partial charge in [0.2, 0.25) is 5.89 Å². The summed E-state index contributed by atoms with van der Waals surface area (Å²) in [5, 5.41) is 4.10. The Bertz CT molecular complexity index is 608. The highest BCUT2D eigenvalue weighted by Crippen LogP contribution is 2.39. The van der Waals surface area contributed by atoms with Gasteiger partial charge in [-0.3, -0.25) is 4.90 Å². The first-order chi connectivity index (χ1) is 10.3. The van der Waals surface area contributed by atoms with E-state index in [0.717, 1.165) is 31.3 Å². The molecule has 0 bridgehead atoms. The highest BCUT2D eigenvalue weighted by molar-refractivity contribution is 5.23. The number of benzene rings is 1. The summed E-state index contributed by atoms with van der Waals surface area (Å²) in [6, 6.07) is 10.7. The van der Waals surface area contributed by atoms with Crippen LogP contribution in [0.25, 0.3) is 0 Å². The molecule has 2 atom stereocenters. The lowest BCUT2D eigenvalue weighted by atomic mass is 9.95. The molecule has 110 valence electrons. The topological polar surface area (TPSA) is 68.2 Å². The second kappa shape index (κ2) is 5.24. The van der Waals surface area contributed by atoms with Crippen LogP contribution < -0.4 is 5.73 Å². The van der Waals surface area contributed by atoms with E-state index in [1.807, 2.05) is 6.07 Å². The van der Waals surface area contributed by atoms with Gasteiger partial charge in [0.25, 0.3) is 0 Å². The van der Waals surface area contributed by atoms with Crippen LogP contribution in [0.1, 0.15) is 42.0 Å². The largest absolute Gasteiger partial charge is 0.339 e. The molecule has 1 aromatic carbocycles. The Kier molecular flexibility index (Phi) is 3.24. The number of likely N-dealkylation sites (tertiary alicyclic amines) is 1. The van der Waals surface area contributed by atoms with Gasteiger partial charge in [-0.15, -0.1) is 0 Å². The van der Waals surface area contributed by atoms with Crippen molar-refractivity contribution in [2.75, 3.05) is 13.1 Å². The lowest BCUT2D eigenvalue weighted by Crippen LogP contribution is -2.28. The predicted molar refractivity (Wildman–Crippen MR) is 78.7 cm³/mol. The van der Waals surface area contributed by atoms with Gasteiger partial charge in [0.1, 0.15) is 0 Å². The van der Waals surface area contributed by atoms with Crippen LogP contribution in [-0.4, -0.2) is 34.2 Å². The number of nitrogens with two attached hydrogens (primary N) is 1. The van der Waals surface area contributed by atoms with Crippen LogP contribution in [0.3, 0.4) is 0 Å². The summed E-state index contributed by atoms with van der Waals surface area (Å²) < 4.78 is 5.32. The van der Waals surface area contributed by atoms with Crippen LogP contribution in [0.4, 0.5) is 0 Å². The van der Waals surface area contributed by atoms with Gasteiger partial charge in [-0.25, -0.2) is 0 Å². The molecule has 0 spiro atoms. The molecule has 1 saturated carbocycles. The Balaban J connectivity index is 1.42. The molecule has 1 aromatic heterocycles. The normalized spacial score (nSPS) is 26.3. The fraction of sp³-hybridized carbons (Fsp3) is 0.500. The molecule has 1 aliphatic carbocycles. The average Bonchev–Trinajstić information content (AvgIpc) is 3.15.